The molecule has 1 aromatic heterocycles. The number of ether oxygens (including phenoxy) is 3. The quantitative estimate of drug-likeness (QED) is 0.280. The van der Waals surface area contributed by atoms with E-state index in [1.165, 1.54) is 11.1 Å². The maximum atomic E-state index is 13.1. The number of carbonyl (C=O) groups excluding carboxylic acids is 1. The van der Waals surface area contributed by atoms with Gasteiger partial charge in [0.15, 0.2) is 11.5 Å². The van der Waals surface area contributed by atoms with E-state index in [2.05, 4.69) is 42.7 Å². The molecule has 4 aromatic rings. The van der Waals surface area contributed by atoms with Crippen LogP contribution in [0.5, 0.6) is 17.2 Å². The molecule has 0 aliphatic carbocycles. The Morgan fingerprint density at radius 2 is 1.79 bits per heavy atom. The summed E-state index contributed by atoms with van der Waals surface area (Å²) in [7, 11) is 0. The molecule has 2 aliphatic heterocycles. The highest BCUT2D eigenvalue weighted by Gasteiger charge is 2.35. The van der Waals surface area contributed by atoms with Gasteiger partial charge < -0.3 is 23.7 Å². The van der Waals surface area contributed by atoms with Gasteiger partial charge in [-0.3, -0.25) is 4.79 Å². The van der Waals surface area contributed by atoms with Gasteiger partial charge in [-0.1, -0.05) is 18.2 Å². The van der Waals surface area contributed by atoms with Crippen molar-refractivity contribution in [1.82, 2.24) is 9.55 Å². The number of amides is 1. The monoisotopic (exact) mass is 511 g/mol. The summed E-state index contributed by atoms with van der Waals surface area (Å²) in [4.78, 5) is 20.0. The zero-order valence-corrected chi connectivity index (χ0v) is 22.0. The van der Waals surface area contributed by atoms with Gasteiger partial charge in [0.2, 0.25) is 5.91 Å². The lowest BCUT2D eigenvalue weighted by Gasteiger charge is -2.22. The summed E-state index contributed by atoms with van der Waals surface area (Å²) >= 11 is 0. The van der Waals surface area contributed by atoms with Crippen molar-refractivity contribution in [1.29, 1.82) is 0 Å². The smallest absolute Gasteiger partial charge is 0.227 e. The van der Waals surface area contributed by atoms with Crippen LogP contribution in [0.4, 0.5) is 5.69 Å². The number of para-hydroxylation sites is 2. The van der Waals surface area contributed by atoms with E-state index in [1.54, 1.807) is 0 Å². The molecule has 1 atom stereocenters. The second-order valence-corrected chi connectivity index (χ2v) is 10.1. The highest BCUT2D eigenvalue weighted by molar-refractivity contribution is 5.97. The number of nitrogens with zero attached hydrogens (tertiary/aromatic N) is 3. The molecule has 1 amide bonds. The maximum absolute atomic E-state index is 13.1. The predicted octanol–water partition coefficient (Wildman–Crippen LogP) is 5.80. The van der Waals surface area contributed by atoms with E-state index in [0.717, 1.165) is 53.4 Å². The summed E-state index contributed by atoms with van der Waals surface area (Å²) in [5.41, 5.74) is 5.44. The Bertz CT molecular complexity index is 1480. The Kier molecular flexibility index (Phi) is 6.66. The minimum Gasteiger partial charge on any atom is -0.494 e. The molecule has 0 radical (unpaired) electrons. The molecule has 1 saturated heterocycles. The number of rotatable bonds is 8. The molecule has 7 nitrogen and oxygen atoms in total. The standard InChI is InChI=1S/C31H33N3O4/c1-21-9-11-25(17-22(21)2)36-14-6-5-13-33-27-8-4-3-7-26(27)32-31(33)23-18-30(35)34(20-23)24-10-12-28-29(19-24)38-16-15-37-28/h3-4,7-12,17,19,23H,5-6,13-16,18,20H2,1-2H3. The van der Waals surface area contributed by atoms with Crippen molar-refractivity contribution < 1.29 is 19.0 Å². The zero-order chi connectivity index (χ0) is 26.1. The molecular weight excluding hydrogens is 478 g/mol. The lowest BCUT2D eigenvalue weighted by molar-refractivity contribution is -0.117. The van der Waals surface area contributed by atoms with Crippen molar-refractivity contribution in [2.24, 2.45) is 0 Å². The van der Waals surface area contributed by atoms with Crippen LogP contribution >= 0.6 is 0 Å². The van der Waals surface area contributed by atoms with Gasteiger partial charge in [0.1, 0.15) is 24.8 Å². The number of fused-ring (bicyclic) bond motifs is 2. The fourth-order valence-electron chi connectivity index (χ4n) is 5.34. The summed E-state index contributed by atoms with van der Waals surface area (Å²) in [5, 5.41) is 0. The van der Waals surface area contributed by atoms with E-state index < -0.39 is 0 Å². The third-order valence-corrected chi connectivity index (χ3v) is 7.53. The third-order valence-electron chi connectivity index (χ3n) is 7.53. The largest absolute Gasteiger partial charge is 0.494 e. The number of hydrogen-bond donors (Lipinski definition) is 0. The molecule has 1 fully saturated rings. The number of imidazole rings is 1. The van der Waals surface area contributed by atoms with Crippen LogP contribution < -0.4 is 19.1 Å². The molecule has 0 bridgehead atoms. The zero-order valence-electron chi connectivity index (χ0n) is 22.0. The molecule has 0 N–H and O–H groups in total. The van der Waals surface area contributed by atoms with Crippen LogP contribution in [0.1, 0.15) is 42.1 Å². The van der Waals surface area contributed by atoms with Gasteiger partial charge in [-0.2, -0.15) is 0 Å². The van der Waals surface area contributed by atoms with Crippen LogP contribution in [0.3, 0.4) is 0 Å². The molecule has 1 unspecified atom stereocenters. The second kappa shape index (κ2) is 10.4. The fourth-order valence-corrected chi connectivity index (χ4v) is 5.34. The normalized spacial score (nSPS) is 16.8. The number of anilines is 1. The Morgan fingerprint density at radius 1 is 0.947 bits per heavy atom. The minimum absolute atomic E-state index is 0.0230. The summed E-state index contributed by atoms with van der Waals surface area (Å²) in [6, 6.07) is 20.2. The van der Waals surface area contributed by atoms with Crippen molar-refractivity contribution in [3.8, 4) is 17.2 Å². The van der Waals surface area contributed by atoms with E-state index in [9.17, 15) is 4.79 Å². The van der Waals surface area contributed by atoms with E-state index in [-0.39, 0.29) is 11.8 Å². The number of unbranched alkanes of at least 4 members (excludes halogenated alkanes) is 1. The maximum Gasteiger partial charge on any atom is 0.227 e. The van der Waals surface area contributed by atoms with Crippen molar-refractivity contribution in [3.05, 3.63) is 77.6 Å². The molecule has 7 heteroatoms. The van der Waals surface area contributed by atoms with Gasteiger partial charge in [-0.15, -0.1) is 0 Å². The topological polar surface area (TPSA) is 65.8 Å². The molecule has 38 heavy (non-hydrogen) atoms. The highest BCUT2D eigenvalue weighted by atomic mass is 16.6. The van der Waals surface area contributed by atoms with Crippen LogP contribution in [0.15, 0.2) is 60.7 Å². The van der Waals surface area contributed by atoms with E-state index >= 15 is 0 Å². The highest BCUT2D eigenvalue weighted by Crippen LogP contribution is 2.38. The van der Waals surface area contributed by atoms with Crippen LogP contribution in [0, 0.1) is 13.8 Å². The Balaban J connectivity index is 1.16. The summed E-state index contributed by atoms with van der Waals surface area (Å²) in [5.74, 6) is 3.45. The van der Waals surface area contributed by atoms with Crippen molar-refractivity contribution in [2.75, 3.05) is 31.3 Å². The first-order valence-electron chi connectivity index (χ1n) is 13.4. The summed E-state index contributed by atoms with van der Waals surface area (Å²) in [6.45, 7) is 7.39. The third kappa shape index (κ3) is 4.80. The summed E-state index contributed by atoms with van der Waals surface area (Å²) in [6.07, 6.45) is 2.34. The van der Waals surface area contributed by atoms with Gasteiger partial charge in [0.25, 0.3) is 0 Å². The molecule has 3 aromatic carbocycles. The first kappa shape index (κ1) is 24.3. The number of hydrogen-bond acceptors (Lipinski definition) is 5. The van der Waals surface area contributed by atoms with E-state index in [1.807, 2.05) is 41.3 Å². The van der Waals surface area contributed by atoms with Gasteiger partial charge in [0, 0.05) is 37.2 Å². The molecule has 6 rings (SSSR count). The molecular formula is C31H33N3O4. The Hall–Kier alpha value is -4.00. The first-order chi connectivity index (χ1) is 18.6. The number of aryl methyl sites for hydroxylation is 3. The van der Waals surface area contributed by atoms with Crippen molar-refractivity contribution in [3.63, 3.8) is 0 Å². The number of carbonyl (C=O) groups is 1. The molecule has 196 valence electrons. The first-order valence-corrected chi connectivity index (χ1v) is 13.4. The van der Waals surface area contributed by atoms with Crippen LogP contribution in [0.25, 0.3) is 11.0 Å². The fraction of sp³-hybridized carbons (Fsp3) is 0.355. The lowest BCUT2D eigenvalue weighted by atomic mass is 10.1. The predicted molar refractivity (Wildman–Crippen MR) is 148 cm³/mol. The minimum atomic E-state index is 0.0230. The van der Waals surface area contributed by atoms with Gasteiger partial charge in [-0.05, 0) is 74.2 Å². The van der Waals surface area contributed by atoms with Crippen LogP contribution in [-0.2, 0) is 11.3 Å². The molecule has 3 heterocycles. The Labute approximate surface area is 222 Å². The van der Waals surface area contributed by atoms with Crippen LogP contribution in [0.2, 0.25) is 0 Å². The lowest BCUT2D eigenvalue weighted by Crippen LogP contribution is -2.25. The van der Waals surface area contributed by atoms with Gasteiger partial charge in [0.05, 0.1) is 17.6 Å². The van der Waals surface area contributed by atoms with Crippen LogP contribution in [-0.4, -0.2) is 41.8 Å². The molecule has 0 saturated carbocycles. The Morgan fingerprint density at radius 3 is 2.66 bits per heavy atom. The average molecular weight is 512 g/mol. The average Bonchev–Trinajstić information content (AvgIpc) is 3.50. The SMILES string of the molecule is Cc1ccc(OCCCCn2c(C3CC(=O)N(c4ccc5c(c4)OCCO5)C3)nc3ccccc32)cc1C. The second-order valence-electron chi connectivity index (χ2n) is 10.1. The van der Waals surface area contributed by atoms with Gasteiger partial charge >= 0.3 is 0 Å². The van der Waals surface area contributed by atoms with E-state index in [4.69, 9.17) is 19.2 Å². The molecule has 0 spiro atoms. The summed E-state index contributed by atoms with van der Waals surface area (Å²) < 4.78 is 19.7. The van der Waals surface area contributed by atoms with E-state index in [0.29, 0.717) is 38.5 Å². The number of aromatic nitrogens is 2. The number of benzene rings is 3. The van der Waals surface area contributed by atoms with Gasteiger partial charge in [-0.25, -0.2) is 4.98 Å². The molecule has 2 aliphatic rings. The van der Waals surface area contributed by atoms with Crippen molar-refractivity contribution >= 4 is 22.6 Å². The van der Waals surface area contributed by atoms with Crippen molar-refractivity contribution in [2.45, 2.75) is 45.6 Å².